The van der Waals surface area contributed by atoms with Crippen LogP contribution in [-0.2, 0) is 19.1 Å². The van der Waals surface area contributed by atoms with E-state index >= 15 is 0 Å². The van der Waals surface area contributed by atoms with Crippen LogP contribution in [0.25, 0.3) is 0 Å². The SMILES string of the molecule is C=CC(=O)OCCCCOc1ccc(OC(=O)c2ccc(OCCCC(CC)CCCNc3ccc(C(=O)Oc4ccc(OCCOC(=O)C=C)cc4)cc3)cc2)cc1. The number of carbonyl (C=O) groups excluding carboxylic acids is 4. The molecule has 59 heavy (non-hydrogen) atoms. The van der Waals surface area contributed by atoms with Gasteiger partial charge in [0.1, 0.15) is 42.0 Å². The number of esters is 4. The molecule has 0 aliphatic carbocycles. The Kier molecular flexibility index (Phi) is 19.6. The van der Waals surface area contributed by atoms with Gasteiger partial charge < -0.3 is 38.5 Å². The fourth-order valence-electron chi connectivity index (χ4n) is 5.68. The second-order valence-electron chi connectivity index (χ2n) is 13.3. The molecular weight excluding hydrogens is 755 g/mol. The monoisotopic (exact) mass is 807 g/mol. The molecule has 0 fully saturated rings. The fraction of sp³-hybridized carbons (Fsp3) is 0.319. The molecule has 1 N–H and O–H groups in total. The minimum atomic E-state index is -0.508. The van der Waals surface area contributed by atoms with Crippen molar-refractivity contribution in [3.63, 3.8) is 0 Å². The Bertz CT molecular complexity index is 1910. The lowest BCUT2D eigenvalue weighted by Crippen LogP contribution is -2.10. The van der Waals surface area contributed by atoms with Gasteiger partial charge in [-0.2, -0.15) is 0 Å². The van der Waals surface area contributed by atoms with Crippen LogP contribution in [0.3, 0.4) is 0 Å². The van der Waals surface area contributed by atoms with Crippen LogP contribution in [0, 0.1) is 5.92 Å². The average Bonchev–Trinajstić information content (AvgIpc) is 3.27. The topological polar surface area (TPSA) is 145 Å². The van der Waals surface area contributed by atoms with Crippen molar-refractivity contribution in [1.82, 2.24) is 0 Å². The van der Waals surface area contributed by atoms with Crippen LogP contribution in [-0.4, -0.2) is 63.5 Å². The van der Waals surface area contributed by atoms with Crippen molar-refractivity contribution in [1.29, 1.82) is 0 Å². The van der Waals surface area contributed by atoms with E-state index in [2.05, 4.69) is 25.4 Å². The number of unbranched alkanes of at least 4 members (excludes halogenated alkanes) is 1. The van der Waals surface area contributed by atoms with Crippen molar-refractivity contribution in [3.8, 4) is 28.7 Å². The first-order valence-corrected chi connectivity index (χ1v) is 19.8. The highest BCUT2D eigenvalue weighted by molar-refractivity contribution is 5.92. The molecule has 312 valence electrons. The van der Waals surface area contributed by atoms with E-state index in [1.54, 1.807) is 84.9 Å². The molecule has 12 nitrogen and oxygen atoms in total. The number of rotatable bonds is 27. The third-order valence-corrected chi connectivity index (χ3v) is 8.98. The van der Waals surface area contributed by atoms with E-state index in [0.29, 0.717) is 72.0 Å². The van der Waals surface area contributed by atoms with Gasteiger partial charge in [0.15, 0.2) is 0 Å². The maximum Gasteiger partial charge on any atom is 0.343 e. The molecule has 12 heteroatoms. The molecule has 0 aromatic heterocycles. The van der Waals surface area contributed by atoms with Crippen LogP contribution in [0.2, 0.25) is 0 Å². The molecule has 0 amide bonds. The van der Waals surface area contributed by atoms with Gasteiger partial charge in [0.2, 0.25) is 0 Å². The molecule has 4 rings (SSSR count). The summed E-state index contributed by atoms with van der Waals surface area (Å²) in [5.74, 6) is 1.41. The van der Waals surface area contributed by atoms with Crippen LogP contribution in [0.15, 0.2) is 122 Å². The van der Waals surface area contributed by atoms with Gasteiger partial charge in [-0.05, 0) is 142 Å². The number of carbonyl (C=O) groups is 4. The molecule has 1 unspecified atom stereocenters. The molecule has 1 atom stereocenters. The lowest BCUT2D eigenvalue weighted by molar-refractivity contribution is -0.139. The Balaban J connectivity index is 1.05. The average molecular weight is 808 g/mol. The summed E-state index contributed by atoms with van der Waals surface area (Å²) in [7, 11) is 0. The molecule has 4 aromatic carbocycles. The van der Waals surface area contributed by atoms with E-state index in [1.807, 2.05) is 12.1 Å². The molecule has 0 saturated heterocycles. The lowest BCUT2D eigenvalue weighted by atomic mass is 9.95. The zero-order chi connectivity index (χ0) is 42.1. The molecule has 0 aliphatic heterocycles. The van der Waals surface area contributed by atoms with Crippen molar-refractivity contribution in [2.75, 3.05) is 44.9 Å². The van der Waals surface area contributed by atoms with Crippen LogP contribution in [0.5, 0.6) is 28.7 Å². The van der Waals surface area contributed by atoms with E-state index in [-0.39, 0.29) is 13.2 Å². The molecule has 0 saturated carbocycles. The normalized spacial score (nSPS) is 11.0. The summed E-state index contributed by atoms with van der Waals surface area (Å²) in [5.41, 5.74) is 1.79. The zero-order valence-corrected chi connectivity index (χ0v) is 33.6. The molecule has 4 aromatic rings. The third kappa shape index (κ3) is 17.2. The number of benzene rings is 4. The highest BCUT2D eigenvalue weighted by atomic mass is 16.6. The van der Waals surface area contributed by atoms with Gasteiger partial charge in [-0.1, -0.05) is 26.5 Å². The summed E-state index contributed by atoms with van der Waals surface area (Å²) in [6, 6.07) is 27.6. The zero-order valence-electron chi connectivity index (χ0n) is 33.6. The Morgan fingerprint density at radius 2 is 0.949 bits per heavy atom. The van der Waals surface area contributed by atoms with Gasteiger partial charge in [0.25, 0.3) is 0 Å². The summed E-state index contributed by atoms with van der Waals surface area (Å²) >= 11 is 0. The summed E-state index contributed by atoms with van der Waals surface area (Å²) < 4.78 is 38.0. The number of ether oxygens (including phenoxy) is 7. The van der Waals surface area contributed by atoms with Crippen LogP contribution in [0.1, 0.15) is 72.6 Å². The first-order chi connectivity index (χ1) is 28.8. The van der Waals surface area contributed by atoms with Gasteiger partial charge in [0.05, 0.1) is 30.9 Å². The second kappa shape index (κ2) is 25.6. The maximum absolute atomic E-state index is 12.7. The van der Waals surface area contributed by atoms with Crippen molar-refractivity contribution >= 4 is 29.6 Å². The standard InChI is InChI=1S/C47H53NO11/c1-4-35(11-9-29-48-38-17-13-36(14-18-38)46(51)58-43-27-23-41(24-28-43)55-33-34-57-45(50)6-3)12-10-32-54-39-19-15-37(16-20-39)47(52)59-42-25-21-40(22-26-42)53-30-7-8-31-56-44(49)5-2/h5-6,13-28,35,48H,2-4,7-12,29-34H2,1H3. The Morgan fingerprint density at radius 1 is 0.525 bits per heavy atom. The van der Waals surface area contributed by atoms with Crippen LogP contribution < -0.4 is 29.0 Å². The molecule has 0 spiro atoms. The van der Waals surface area contributed by atoms with Crippen molar-refractivity contribution < 1.29 is 52.3 Å². The lowest BCUT2D eigenvalue weighted by Gasteiger charge is -2.15. The van der Waals surface area contributed by atoms with Crippen molar-refractivity contribution in [2.45, 2.75) is 51.9 Å². The Hall–Kier alpha value is -6.56. The van der Waals surface area contributed by atoms with Crippen molar-refractivity contribution in [3.05, 3.63) is 133 Å². The maximum atomic E-state index is 12.7. The van der Waals surface area contributed by atoms with Gasteiger partial charge >= 0.3 is 23.9 Å². The highest BCUT2D eigenvalue weighted by Crippen LogP contribution is 2.23. The summed E-state index contributed by atoms with van der Waals surface area (Å²) in [5, 5.41) is 3.44. The molecule has 0 heterocycles. The van der Waals surface area contributed by atoms with E-state index < -0.39 is 23.9 Å². The van der Waals surface area contributed by atoms with Crippen LogP contribution in [0.4, 0.5) is 5.69 Å². The summed E-state index contributed by atoms with van der Waals surface area (Å²) in [6.45, 7) is 11.4. The van der Waals surface area contributed by atoms with Crippen LogP contribution >= 0.6 is 0 Å². The first kappa shape index (κ1) is 45.1. The summed E-state index contributed by atoms with van der Waals surface area (Å²) in [6.07, 6.45) is 8.79. The van der Waals surface area contributed by atoms with E-state index in [9.17, 15) is 19.2 Å². The number of hydrogen-bond donors (Lipinski definition) is 1. The second-order valence-corrected chi connectivity index (χ2v) is 13.3. The molecule has 0 bridgehead atoms. The van der Waals surface area contributed by atoms with Gasteiger partial charge in [-0.25, -0.2) is 19.2 Å². The molecule has 0 radical (unpaired) electrons. The Morgan fingerprint density at radius 3 is 1.47 bits per heavy atom. The Labute approximate surface area is 346 Å². The highest BCUT2D eigenvalue weighted by Gasteiger charge is 2.12. The van der Waals surface area contributed by atoms with Gasteiger partial charge in [0, 0.05) is 24.4 Å². The predicted molar refractivity (Wildman–Crippen MR) is 224 cm³/mol. The van der Waals surface area contributed by atoms with E-state index in [0.717, 1.165) is 62.9 Å². The van der Waals surface area contributed by atoms with Gasteiger partial charge in [-0.15, -0.1) is 0 Å². The number of nitrogens with one attached hydrogen (secondary N) is 1. The quantitative estimate of drug-likeness (QED) is 0.0265. The molecular formula is C47H53NO11. The van der Waals surface area contributed by atoms with Gasteiger partial charge in [-0.3, -0.25) is 0 Å². The first-order valence-electron chi connectivity index (χ1n) is 19.8. The minimum absolute atomic E-state index is 0.102. The third-order valence-electron chi connectivity index (χ3n) is 8.98. The molecule has 0 aliphatic rings. The number of hydrogen-bond acceptors (Lipinski definition) is 12. The van der Waals surface area contributed by atoms with E-state index in [4.69, 9.17) is 33.2 Å². The van der Waals surface area contributed by atoms with Crippen molar-refractivity contribution in [2.24, 2.45) is 5.92 Å². The largest absolute Gasteiger partial charge is 0.494 e. The number of anilines is 1. The summed E-state index contributed by atoms with van der Waals surface area (Å²) in [4.78, 5) is 47.5. The minimum Gasteiger partial charge on any atom is -0.494 e. The predicted octanol–water partition coefficient (Wildman–Crippen LogP) is 9.20. The fourth-order valence-corrected chi connectivity index (χ4v) is 5.68. The van der Waals surface area contributed by atoms with E-state index in [1.165, 1.54) is 0 Å². The smallest absolute Gasteiger partial charge is 0.343 e.